The normalized spacial score (nSPS) is 13.4. The summed E-state index contributed by atoms with van der Waals surface area (Å²) in [5.41, 5.74) is 19.7. The molecule has 2 aliphatic carbocycles. The third-order valence-corrected chi connectivity index (χ3v) is 13.2. The molecule has 0 fully saturated rings. The first-order chi connectivity index (χ1) is 29.1. The van der Waals surface area contributed by atoms with Gasteiger partial charge in [0, 0.05) is 43.8 Å². The number of benzene rings is 8. The van der Waals surface area contributed by atoms with E-state index < -0.39 is 0 Å². The molecule has 0 saturated carbocycles. The lowest BCUT2D eigenvalue weighted by atomic mass is 9.82. The van der Waals surface area contributed by atoms with Crippen molar-refractivity contribution in [3.8, 4) is 67.4 Å². The number of para-hydroxylation sites is 2. The van der Waals surface area contributed by atoms with Gasteiger partial charge in [-0.1, -0.05) is 153 Å². The van der Waals surface area contributed by atoms with E-state index in [-0.39, 0.29) is 5.41 Å². The SMILES string of the molecule is CC1(C)c2ccccc2-c2ccc(-n3c4ccccc4c4c5c6ccccc6n(-c6cnc7c(n6)-c6ccccc6-c6ccccc6-c6ccccc6-7)c5ccc43)cc21. The van der Waals surface area contributed by atoms with E-state index in [2.05, 4.69) is 199 Å². The topological polar surface area (TPSA) is 35.6 Å². The summed E-state index contributed by atoms with van der Waals surface area (Å²) in [6.07, 6.45) is 1.97. The highest BCUT2D eigenvalue weighted by Gasteiger charge is 2.35. The van der Waals surface area contributed by atoms with E-state index in [9.17, 15) is 0 Å². The second-order valence-electron chi connectivity index (χ2n) is 16.5. The summed E-state index contributed by atoms with van der Waals surface area (Å²) in [4.78, 5) is 11.0. The lowest BCUT2D eigenvalue weighted by Crippen LogP contribution is -2.15. The third kappa shape index (κ3) is 4.32. The first-order valence-electron chi connectivity index (χ1n) is 20.4. The molecule has 0 radical (unpaired) electrons. The molecule has 0 spiro atoms. The van der Waals surface area contributed by atoms with Gasteiger partial charge in [-0.3, -0.25) is 9.55 Å². The minimum Gasteiger partial charge on any atom is -0.309 e. The van der Waals surface area contributed by atoms with Crippen LogP contribution in [0.5, 0.6) is 0 Å². The Morgan fingerprint density at radius 1 is 0.390 bits per heavy atom. The Morgan fingerprint density at radius 3 is 1.51 bits per heavy atom. The van der Waals surface area contributed by atoms with Crippen LogP contribution in [0.25, 0.3) is 111 Å². The molecular weight excluding hydrogens is 717 g/mol. The summed E-state index contributed by atoms with van der Waals surface area (Å²) in [5.74, 6) is 0.791. The number of nitrogens with zero attached hydrogens (tertiary/aromatic N) is 4. The largest absolute Gasteiger partial charge is 0.309 e. The van der Waals surface area contributed by atoms with E-state index >= 15 is 0 Å². The van der Waals surface area contributed by atoms with Gasteiger partial charge < -0.3 is 4.57 Å². The van der Waals surface area contributed by atoms with Gasteiger partial charge in [0.05, 0.1) is 39.7 Å². The minimum atomic E-state index is -0.0958. The Labute approximate surface area is 341 Å². The molecule has 0 amide bonds. The summed E-state index contributed by atoms with van der Waals surface area (Å²) in [7, 11) is 0. The smallest absolute Gasteiger partial charge is 0.156 e. The molecule has 3 heterocycles. The van der Waals surface area contributed by atoms with Gasteiger partial charge in [-0.05, 0) is 80.9 Å². The predicted molar refractivity (Wildman–Crippen MR) is 244 cm³/mol. The van der Waals surface area contributed by atoms with Crippen LogP contribution < -0.4 is 0 Å². The standard InChI is InChI=1S/C55H36N4/c1-55(2)44-24-12-9-19-38(44)39-28-27-33(31-45(39)55)58-46-25-13-10-22-42(46)51-48(58)29-30-49-52(51)43-23-11-14-26-47(43)59(49)50-32-56-53-40-20-7-5-17-36(40)34-15-3-4-16-35(34)37-18-6-8-21-41(37)54(53)57-50/h3-32H,1-2H3. The van der Waals surface area contributed by atoms with Crippen molar-refractivity contribution in [3.05, 3.63) is 193 Å². The summed E-state index contributed by atoms with van der Waals surface area (Å²) in [6, 6.07) is 64.1. The lowest BCUT2D eigenvalue weighted by molar-refractivity contribution is 0.660. The quantitative estimate of drug-likeness (QED) is 0.176. The number of hydrogen-bond acceptors (Lipinski definition) is 2. The second-order valence-corrected chi connectivity index (χ2v) is 16.5. The van der Waals surface area contributed by atoms with Gasteiger partial charge in [0.25, 0.3) is 0 Å². The van der Waals surface area contributed by atoms with Gasteiger partial charge >= 0.3 is 0 Å². The van der Waals surface area contributed by atoms with E-state index in [0.29, 0.717) is 0 Å². The molecule has 2 aliphatic rings. The molecule has 0 unspecified atom stereocenters. The van der Waals surface area contributed by atoms with Gasteiger partial charge in [0.1, 0.15) is 0 Å². The van der Waals surface area contributed by atoms with E-state index in [1.54, 1.807) is 0 Å². The Morgan fingerprint density at radius 2 is 0.864 bits per heavy atom. The van der Waals surface area contributed by atoms with Crippen LogP contribution in [0.15, 0.2) is 182 Å². The number of rotatable bonds is 2. The molecule has 8 aromatic carbocycles. The number of aromatic nitrogens is 4. The van der Waals surface area contributed by atoms with Crippen LogP contribution in [0.3, 0.4) is 0 Å². The highest BCUT2D eigenvalue weighted by Crippen LogP contribution is 2.51. The van der Waals surface area contributed by atoms with Crippen LogP contribution >= 0.6 is 0 Å². The number of hydrogen-bond donors (Lipinski definition) is 0. The summed E-state index contributed by atoms with van der Waals surface area (Å²) in [6.45, 7) is 4.71. The van der Waals surface area contributed by atoms with Crippen molar-refractivity contribution >= 4 is 43.6 Å². The third-order valence-electron chi connectivity index (χ3n) is 13.2. The number of fused-ring (bicyclic) bond motifs is 18. The fraction of sp³-hybridized carbons (Fsp3) is 0.0545. The fourth-order valence-corrected chi connectivity index (χ4v) is 10.5. The van der Waals surface area contributed by atoms with Crippen molar-refractivity contribution in [3.63, 3.8) is 0 Å². The zero-order chi connectivity index (χ0) is 39.0. The second kappa shape index (κ2) is 11.7. The summed E-state index contributed by atoms with van der Waals surface area (Å²) in [5, 5.41) is 4.88. The van der Waals surface area contributed by atoms with Crippen LogP contribution in [-0.4, -0.2) is 19.1 Å². The zero-order valence-electron chi connectivity index (χ0n) is 32.6. The van der Waals surface area contributed by atoms with Crippen LogP contribution in [0.2, 0.25) is 0 Å². The first-order valence-corrected chi connectivity index (χ1v) is 20.4. The van der Waals surface area contributed by atoms with E-state index in [0.717, 1.165) is 50.5 Å². The summed E-state index contributed by atoms with van der Waals surface area (Å²) < 4.78 is 4.78. The van der Waals surface area contributed by atoms with Gasteiger partial charge in [0.2, 0.25) is 0 Å². The van der Waals surface area contributed by atoms with Gasteiger partial charge in [-0.2, -0.15) is 0 Å². The molecule has 0 saturated heterocycles. The zero-order valence-corrected chi connectivity index (χ0v) is 32.6. The molecule has 59 heavy (non-hydrogen) atoms. The molecule has 0 atom stereocenters. The highest BCUT2D eigenvalue weighted by molar-refractivity contribution is 6.29. The molecule has 0 bridgehead atoms. The molecule has 13 rings (SSSR count). The lowest BCUT2D eigenvalue weighted by Gasteiger charge is -2.22. The van der Waals surface area contributed by atoms with Crippen LogP contribution in [0, 0.1) is 0 Å². The molecular formula is C55H36N4. The van der Waals surface area contributed by atoms with Crippen molar-refractivity contribution in [2.24, 2.45) is 0 Å². The maximum absolute atomic E-state index is 5.63. The van der Waals surface area contributed by atoms with Crippen molar-refractivity contribution in [2.45, 2.75) is 19.3 Å². The van der Waals surface area contributed by atoms with Gasteiger partial charge in [0.15, 0.2) is 5.82 Å². The van der Waals surface area contributed by atoms with E-state index in [1.165, 1.54) is 71.6 Å². The van der Waals surface area contributed by atoms with Crippen LogP contribution in [-0.2, 0) is 5.41 Å². The molecule has 4 nitrogen and oxygen atoms in total. The minimum absolute atomic E-state index is 0.0958. The molecule has 0 N–H and O–H groups in total. The van der Waals surface area contributed by atoms with Crippen molar-refractivity contribution in [1.29, 1.82) is 0 Å². The predicted octanol–water partition coefficient (Wildman–Crippen LogP) is 14.0. The fourth-order valence-electron chi connectivity index (χ4n) is 10.5. The van der Waals surface area contributed by atoms with Crippen molar-refractivity contribution < 1.29 is 0 Å². The van der Waals surface area contributed by atoms with E-state index in [4.69, 9.17) is 9.97 Å². The maximum atomic E-state index is 5.63. The molecule has 4 heteroatoms. The average Bonchev–Trinajstić information content (AvgIpc) is 3.88. The van der Waals surface area contributed by atoms with Crippen molar-refractivity contribution in [2.75, 3.05) is 0 Å². The molecule has 11 aromatic rings. The molecule has 276 valence electrons. The van der Waals surface area contributed by atoms with Crippen LogP contribution in [0.1, 0.15) is 25.0 Å². The molecule has 0 aliphatic heterocycles. The van der Waals surface area contributed by atoms with E-state index in [1.807, 2.05) is 6.20 Å². The Hall–Kier alpha value is -7.56. The van der Waals surface area contributed by atoms with Crippen molar-refractivity contribution in [1.82, 2.24) is 19.1 Å². The molecule has 3 aromatic heterocycles. The maximum Gasteiger partial charge on any atom is 0.156 e. The van der Waals surface area contributed by atoms with Crippen LogP contribution in [0.4, 0.5) is 0 Å². The van der Waals surface area contributed by atoms with Gasteiger partial charge in [-0.15, -0.1) is 0 Å². The average molecular weight is 753 g/mol. The Balaban J connectivity index is 1.08. The first kappa shape index (κ1) is 32.5. The Kier molecular flexibility index (Phi) is 6.48. The monoisotopic (exact) mass is 752 g/mol. The summed E-state index contributed by atoms with van der Waals surface area (Å²) >= 11 is 0. The highest BCUT2D eigenvalue weighted by atomic mass is 15.1. The Bertz CT molecular complexity index is 3590. The van der Waals surface area contributed by atoms with Gasteiger partial charge in [-0.25, -0.2) is 4.98 Å².